The molecule has 7 heteroatoms. The van der Waals surface area contributed by atoms with Crippen molar-refractivity contribution >= 4 is 23.2 Å². The third-order valence-corrected chi connectivity index (χ3v) is 4.54. The zero-order valence-electron chi connectivity index (χ0n) is 13.0. The zero-order valence-corrected chi connectivity index (χ0v) is 13.0. The highest BCUT2D eigenvalue weighted by Gasteiger charge is 2.34. The summed E-state index contributed by atoms with van der Waals surface area (Å²) in [5.41, 5.74) is 1.46. The first kappa shape index (κ1) is 14.2. The maximum Gasteiger partial charge on any atom is 0.249 e. The van der Waals surface area contributed by atoms with Crippen LogP contribution in [0.3, 0.4) is 0 Å². The van der Waals surface area contributed by atoms with Gasteiger partial charge in [-0.1, -0.05) is 0 Å². The van der Waals surface area contributed by atoms with Crippen LogP contribution in [-0.4, -0.2) is 49.2 Å². The molecule has 3 aliphatic rings. The molecule has 3 aliphatic heterocycles. The Kier molecular flexibility index (Phi) is 3.28. The molecule has 1 aromatic carbocycles. The highest BCUT2D eigenvalue weighted by atomic mass is 16.7. The van der Waals surface area contributed by atoms with E-state index in [-0.39, 0.29) is 31.2 Å². The third-order valence-electron chi connectivity index (χ3n) is 4.54. The van der Waals surface area contributed by atoms with Crippen molar-refractivity contribution in [1.29, 1.82) is 0 Å². The number of carbonyl (C=O) groups excluding carboxylic acids is 2. The highest BCUT2D eigenvalue weighted by molar-refractivity contribution is 6.08. The smallest absolute Gasteiger partial charge is 0.249 e. The van der Waals surface area contributed by atoms with Gasteiger partial charge in [0.1, 0.15) is 12.6 Å². The molecule has 3 heterocycles. The molecule has 0 saturated carbocycles. The van der Waals surface area contributed by atoms with Gasteiger partial charge in [-0.2, -0.15) is 0 Å². The molecule has 0 aromatic heterocycles. The van der Waals surface area contributed by atoms with Gasteiger partial charge in [0.25, 0.3) is 0 Å². The third kappa shape index (κ3) is 2.36. The van der Waals surface area contributed by atoms with Gasteiger partial charge >= 0.3 is 0 Å². The number of amides is 2. The standard InChI is InChI=1S/C16H19N3O4/c1-10-16(21)19(8-15(20)18-4-2-3-5-18)12-7-14-13(22-9-23-14)6-11(12)17-10/h6-7,10,17H,2-5,8-9H2,1H3. The molecule has 23 heavy (non-hydrogen) atoms. The molecule has 2 amide bonds. The number of nitrogens with zero attached hydrogens (tertiary/aromatic N) is 2. The van der Waals surface area contributed by atoms with Crippen molar-refractivity contribution in [1.82, 2.24) is 4.90 Å². The van der Waals surface area contributed by atoms with Crippen LogP contribution in [0, 0.1) is 0 Å². The molecule has 0 aliphatic carbocycles. The Morgan fingerprint density at radius 3 is 2.70 bits per heavy atom. The van der Waals surface area contributed by atoms with E-state index in [0.717, 1.165) is 31.6 Å². The lowest BCUT2D eigenvalue weighted by molar-refractivity contribution is -0.130. The van der Waals surface area contributed by atoms with Crippen molar-refractivity contribution in [2.45, 2.75) is 25.8 Å². The van der Waals surface area contributed by atoms with E-state index in [2.05, 4.69) is 5.32 Å². The largest absolute Gasteiger partial charge is 0.454 e. The van der Waals surface area contributed by atoms with Gasteiger partial charge in [-0.25, -0.2) is 0 Å². The first-order valence-corrected chi connectivity index (χ1v) is 7.93. The Labute approximate surface area is 134 Å². The predicted molar refractivity (Wildman–Crippen MR) is 83.8 cm³/mol. The second kappa shape index (κ2) is 5.33. The van der Waals surface area contributed by atoms with Crippen molar-refractivity contribution in [2.24, 2.45) is 0 Å². The summed E-state index contributed by atoms with van der Waals surface area (Å²) in [5, 5.41) is 3.16. The topological polar surface area (TPSA) is 71.1 Å². The van der Waals surface area contributed by atoms with E-state index in [4.69, 9.17) is 9.47 Å². The molecule has 1 N–H and O–H groups in total. The van der Waals surface area contributed by atoms with Crippen molar-refractivity contribution in [3.05, 3.63) is 12.1 Å². The molecule has 0 radical (unpaired) electrons. The Hall–Kier alpha value is -2.44. The Morgan fingerprint density at radius 1 is 1.26 bits per heavy atom. The summed E-state index contributed by atoms with van der Waals surface area (Å²) in [6, 6.07) is 3.22. The summed E-state index contributed by atoms with van der Waals surface area (Å²) in [4.78, 5) is 28.4. The van der Waals surface area contributed by atoms with Crippen LogP contribution >= 0.6 is 0 Å². The van der Waals surface area contributed by atoms with Gasteiger partial charge in [0.2, 0.25) is 18.6 Å². The second-order valence-electron chi connectivity index (χ2n) is 6.10. The fraction of sp³-hybridized carbons (Fsp3) is 0.500. The van der Waals surface area contributed by atoms with Crippen LogP contribution in [0.5, 0.6) is 11.5 Å². The molecule has 0 spiro atoms. The fourth-order valence-electron chi connectivity index (χ4n) is 3.28. The number of carbonyl (C=O) groups is 2. The lowest BCUT2D eigenvalue weighted by atomic mass is 10.1. The minimum absolute atomic E-state index is 0.00596. The monoisotopic (exact) mass is 317 g/mol. The molecule has 1 saturated heterocycles. The molecular weight excluding hydrogens is 298 g/mol. The number of rotatable bonds is 2. The number of likely N-dealkylation sites (tertiary alicyclic amines) is 1. The maximum absolute atomic E-state index is 12.6. The predicted octanol–water partition coefficient (Wildman–Crippen LogP) is 1.18. The first-order valence-electron chi connectivity index (χ1n) is 7.93. The van der Waals surface area contributed by atoms with Crippen molar-refractivity contribution < 1.29 is 19.1 Å². The van der Waals surface area contributed by atoms with Crippen LogP contribution in [0.1, 0.15) is 19.8 Å². The summed E-state index contributed by atoms with van der Waals surface area (Å²) < 4.78 is 10.8. The minimum Gasteiger partial charge on any atom is -0.454 e. The normalized spacial score (nSPS) is 22.1. The van der Waals surface area contributed by atoms with Gasteiger partial charge in [0, 0.05) is 25.2 Å². The average Bonchev–Trinajstić information content (AvgIpc) is 3.20. The van der Waals surface area contributed by atoms with Crippen LogP contribution < -0.4 is 19.7 Å². The van der Waals surface area contributed by atoms with E-state index >= 15 is 0 Å². The molecule has 1 fully saturated rings. The van der Waals surface area contributed by atoms with Gasteiger partial charge in [-0.05, 0) is 19.8 Å². The van der Waals surface area contributed by atoms with Gasteiger partial charge in [-0.3, -0.25) is 14.5 Å². The minimum atomic E-state index is -0.380. The van der Waals surface area contributed by atoms with Gasteiger partial charge in [0.05, 0.1) is 11.4 Å². The summed E-state index contributed by atoms with van der Waals surface area (Å²) in [6.07, 6.45) is 2.07. The number of nitrogens with one attached hydrogen (secondary N) is 1. The molecule has 122 valence electrons. The second-order valence-corrected chi connectivity index (χ2v) is 6.10. The summed E-state index contributed by atoms with van der Waals surface area (Å²) in [5.74, 6) is 1.15. The SMILES string of the molecule is CC1Nc2cc3c(cc2N(CC(=O)N2CCCC2)C1=O)OCO3. The molecule has 4 rings (SSSR count). The lowest BCUT2D eigenvalue weighted by Gasteiger charge is -2.34. The average molecular weight is 317 g/mol. The summed E-state index contributed by atoms with van der Waals surface area (Å²) in [7, 11) is 0. The van der Waals surface area contributed by atoms with Crippen LogP contribution in [0.4, 0.5) is 11.4 Å². The van der Waals surface area contributed by atoms with E-state index in [0.29, 0.717) is 17.2 Å². The van der Waals surface area contributed by atoms with Crippen molar-refractivity contribution in [3.63, 3.8) is 0 Å². The van der Waals surface area contributed by atoms with Crippen molar-refractivity contribution in [3.8, 4) is 11.5 Å². The number of anilines is 2. The van der Waals surface area contributed by atoms with Crippen LogP contribution in [-0.2, 0) is 9.59 Å². The molecule has 1 atom stereocenters. The van der Waals surface area contributed by atoms with Crippen molar-refractivity contribution in [2.75, 3.05) is 36.6 Å². The Balaban J connectivity index is 1.65. The Bertz CT molecular complexity index is 670. The van der Waals surface area contributed by atoms with Gasteiger partial charge in [-0.15, -0.1) is 0 Å². The summed E-state index contributed by atoms with van der Waals surface area (Å²) >= 11 is 0. The molecule has 1 unspecified atom stereocenters. The van der Waals surface area contributed by atoms with E-state index in [1.54, 1.807) is 17.9 Å². The Morgan fingerprint density at radius 2 is 1.96 bits per heavy atom. The van der Waals surface area contributed by atoms with E-state index in [1.165, 1.54) is 0 Å². The zero-order chi connectivity index (χ0) is 16.0. The lowest BCUT2D eigenvalue weighted by Crippen LogP contribution is -2.50. The highest BCUT2D eigenvalue weighted by Crippen LogP contribution is 2.43. The maximum atomic E-state index is 12.6. The van der Waals surface area contributed by atoms with Gasteiger partial charge in [0.15, 0.2) is 11.5 Å². The number of fused-ring (bicyclic) bond motifs is 2. The van der Waals surface area contributed by atoms with Crippen LogP contribution in [0.15, 0.2) is 12.1 Å². The first-order chi connectivity index (χ1) is 11.1. The molecular formula is C16H19N3O4. The molecule has 1 aromatic rings. The fourth-order valence-corrected chi connectivity index (χ4v) is 3.28. The van der Waals surface area contributed by atoms with E-state index in [1.807, 2.05) is 11.0 Å². The number of hydrogen-bond donors (Lipinski definition) is 1. The van der Waals surface area contributed by atoms with E-state index < -0.39 is 0 Å². The van der Waals surface area contributed by atoms with Gasteiger partial charge < -0.3 is 19.7 Å². The quantitative estimate of drug-likeness (QED) is 0.887. The molecule has 7 nitrogen and oxygen atoms in total. The number of hydrogen-bond acceptors (Lipinski definition) is 5. The van der Waals surface area contributed by atoms with Crippen LogP contribution in [0.2, 0.25) is 0 Å². The molecule has 0 bridgehead atoms. The number of benzene rings is 1. The summed E-state index contributed by atoms with van der Waals surface area (Å²) in [6.45, 7) is 3.60. The van der Waals surface area contributed by atoms with E-state index in [9.17, 15) is 9.59 Å². The number of ether oxygens (including phenoxy) is 2. The van der Waals surface area contributed by atoms with Crippen LogP contribution in [0.25, 0.3) is 0 Å².